The van der Waals surface area contributed by atoms with E-state index in [4.69, 9.17) is 5.73 Å². The minimum atomic E-state index is -0.416. The van der Waals surface area contributed by atoms with Crippen molar-refractivity contribution in [3.05, 3.63) is 12.4 Å². The van der Waals surface area contributed by atoms with E-state index < -0.39 is 6.04 Å². The average molecular weight is 210 g/mol. The monoisotopic (exact) mass is 210 g/mol. The molecule has 1 amide bonds. The minimum absolute atomic E-state index is 0.0650. The maximum atomic E-state index is 11.8. The van der Waals surface area contributed by atoms with E-state index in [1.165, 1.54) is 0 Å². The van der Waals surface area contributed by atoms with Crippen molar-refractivity contribution in [3.63, 3.8) is 0 Å². The first-order valence-corrected chi connectivity index (χ1v) is 5.08. The molecule has 2 N–H and O–H groups in total. The van der Waals surface area contributed by atoms with E-state index >= 15 is 0 Å². The molecule has 0 aromatic carbocycles. The summed E-state index contributed by atoms with van der Waals surface area (Å²) in [4.78, 5) is 13.4. The Labute approximate surface area is 89.9 Å². The van der Waals surface area contributed by atoms with Crippen molar-refractivity contribution in [2.24, 2.45) is 12.8 Å². The van der Waals surface area contributed by atoms with Gasteiger partial charge in [-0.2, -0.15) is 5.10 Å². The molecule has 1 aromatic rings. The fourth-order valence-corrected chi connectivity index (χ4v) is 1.39. The van der Waals surface area contributed by atoms with Crippen LogP contribution in [0.5, 0.6) is 0 Å². The highest BCUT2D eigenvalue weighted by atomic mass is 16.2. The van der Waals surface area contributed by atoms with Gasteiger partial charge in [0.25, 0.3) is 0 Å². The van der Waals surface area contributed by atoms with Crippen molar-refractivity contribution in [1.29, 1.82) is 0 Å². The quantitative estimate of drug-likeness (QED) is 0.787. The lowest BCUT2D eigenvalue weighted by atomic mass is 10.1. The fourth-order valence-electron chi connectivity index (χ4n) is 1.39. The summed E-state index contributed by atoms with van der Waals surface area (Å²) in [6, 6.07) is -0.416. The molecule has 0 saturated carbocycles. The standard InChI is InChI=1S/C10H18N4O/c1-4-5-9(11)10(15)14(3)8-6-12-13(2)7-8/h6-7,9H,4-5,11H2,1-3H3. The molecule has 1 heterocycles. The third-order valence-corrected chi connectivity index (χ3v) is 2.33. The lowest BCUT2D eigenvalue weighted by Crippen LogP contribution is -2.41. The van der Waals surface area contributed by atoms with E-state index in [-0.39, 0.29) is 5.91 Å². The van der Waals surface area contributed by atoms with E-state index in [2.05, 4.69) is 5.10 Å². The van der Waals surface area contributed by atoms with Gasteiger partial charge in [-0.1, -0.05) is 13.3 Å². The molecule has 0 saturated heterocycles. The van der Waals surface area contributed by atoms with Crippen LogP contribution in [-0.4, -0.2) is 28.8 Å². The molecule has 0 aliphatic heterocycles. The maximum absolute atomic E-state index is 11.8. The molecule has 1 rings (SSSR count). The number of aromatic nitrogens is 2. The molecule has 1 unspecified atom stereocenters. The summed E-state index contributed by atoms with van der Waals surface area (Å²) in [7, 11) is 3.53. The van der Waals surface area contributed by atoms with E-state index in [9.17, 15) is 4.79 Å². The van der Waals surface area contributed by atoms with Crippen molar-refractivity contribution in [2.75, 3.05) is 11.9 Å². The molecule has 1 aromatic heterocycles. The van der Waals surface area contributed by atoms with Gasteiger partial charge in [0.05, 0.1) is 17.9 Å². The highest BCUT2D eigenvalue weighted by molar-refractivity contribution is 5.96. The van der Waals surface area contributed by atoms with Gasteiger partial charge < -0.3 is 10.6 Å². The Morgan fingerprint density at radius 2 is 2.40 bits per heavy atom. The van der Waals surface area contributed by atoms with Crippen LogP contribution in [0.2, 0.25) is 0 Å². The summed E-state index contributed by atoms with van der Waals surface area (Å²) in [5.41, 5.74) is 6.53. The third kappa shape index (κ3) is 2.79. The van der Waals surface area contributed by atoms with Crippen molar-refractivity contribution >= 4 is 11.6 Å². The SMILES string of the molecule is CCCC(N)C(=O)N(C)c1cnn(C)c1. The first-order chi connectivity index (χ1) is 7.06. The Kier molecular flexibility index (Phi) is 3.85. The van der Waals surface area contributed by atoms with Gasteiger partial charge in [0, 0.05) is 20.3 Å². The Morgan fingerprint density at radius 3 is 2.87 bits per heavy atom. The van der Waals surface area contributed by atoms with Crippen LogP contribution in [-0.2, 0) is 11.8 Å². The van der Waals surface area contributed by atoms with Crippen LogP contribution in [0.3, 0.4) is 0 Å². The molecule has 84 valence electrons. The van der Waals surface area contributed by atoms with E-state index in [1.54, 1.807) is 29.0 Å². The van der Waals surface area contributed by atoms with Gasteiger partial charge in [-0.15, -0.1) is 0 Å². The molecular formula is C10H18N4O. The lowest BCUT2D eigenvalue weighted by molar-refractivity contribution is -0.119. The number of hydrogen-bond acceptors (Lipinski definition) is 3. The first-order valence-electron chi connectivity index (χ1n) is 5.08. The number of amides is 1. The van der Waals surface area contributed by atoms with Crippen LogP contribution in [0.1, 0.15) is 19.8 Å². The Morgan fingerprint density at radius 1 is 1.73 bits per heavy atom. The zero-order valence-electron chi connectivity index (χ0n) is 9.47. The van der Waals surface area contributed by atoms with Gasteiger partial charge >= 0.3 is 0 Å². The van der Waals surface area contributed by atoms with Crippen molar-refractivity contribution < 1.29 is 4.79 Å². The average Bonchev–Trinajstić information content (AvgIpc) is 2.63. The maximum Gasteiger partial charge on any atom is 0.243 e. The van der Waals surface area contributed by atoms with Crippen LogP contribution in [0.25, 0.3) is 0 Å². The molecule has 0 spiro atoms. The van der Waals surface area contributed by atoms with Crippen LogP contribution >= 0.6 is 0 Å². The summed E-state index contributed by atoms with van der Waals surface area (Å²) >= 11 is 0. The molecule has 0 radical (unpaired) electrons. The topological polar surface area (TPSA) is 64.2 Å². The van der Waals surface area contributed by atoms with Crippen molar-refractivity contribution in [2.45, 2.75) is 25.8 Å². The van der Waals surface area contributed by atoms with Crippen LogP contribution < -0.4 is 10.6 Å². The minimum Gasteiger partial charge on any atom is -0.320 e. The number of likely N-dealkylation sites (N-methyl/N-ethyl adjacent to an activating group) is 1. The number of hydrogen-bond donors (Lipinski definition) is 1. The molecule has 5 heteroatoms. The highest BCUT2D eigenvalue weighted by Gasteiger charge is 2.18. The molecular weight excluding hydrogens is 192 g/mol. The summed E-state index contributed by atoms with van der Waals surface area (Å²) < 4.78 is 1.66. The summed E-state index contributed by atoms with van der Waals surface area (Å²) in [6.45, 7) is 2.01. The molecule has 15 heavy (non-hydrogen) atoms. The summed E-state index contributed by atoms with van der Waals surface area (Å²) in [6.07, 6.45) is 5.06. The van der Waals surface area contributed by atoms with Gasteiger partial charge in [0.1, 0.15) is 0 Å². The van der Waals surface area contributed by atoms with Gasteiger partial charge in [-0.25, -0.2) is 0 Å². The molecule has 1 atom stereocenters. The van der Waals surface area contributed by atoms with Gasteiger partial charge in [0.15, 0.2) is 0 Å². The van der Waals surface area contributed by atoms with Crippen molar-refractivity contribution in [3.8, 4) is 0 Å². The predicted molar refractivity (Wildman–Crippen MR) is 59.5 cm³/mol. The van der Waals surface area contributed by atoms with Crippen LogP contribution in [0.4, 0.5) is 5.69 Å². The zero-order chi connectivity index (χ0) is 11.4. The highest BCUT2D eigenvalue weighted by Crippen LogP contribution is 2.11. The lowest BCUT2D eigenvalue weighted by Gasteiger charge is -2.19. The first kappa shape index (κ1) is 11.7. The second-order valence-corrected chi connectivity index (χ2v) is 3.66. The van der Waals surface area contributed by atoms with Gasteiger partial charge in [-0.05, 0) is 6.42 Å². The molecule has 5 nitrogen and oxygen atoms in total. The Balaban J connectivity index is 2.68. The smallest absolute Gasteiger partial charge is 0.243 e. The summed E-state index contributed by atoms with van der Waals surface area (Å²) in [5, 5.41) is 4.01. The largest absolute Gasteiger partial charge is 0.320 e. The number of anilines is 1. The van der Waals surface area contributed by atoms with E-state index in [0.717, 1.165) is 12.1 Å². The third-order valence-electron chi connectivity index (χ3n) is 2.33. The number of carbonyl (C=O) groups is 1. The molecule has 0 aliphatic rings. The van der Waals surface area contributed by atoms with Crippen LogP contribution in [0.15, 0.2) is 12.4 Å². The molecule has 0 bridgehead atoms. The predicted octanol–water partition coefficient (Wildman–Crippen LogP) is 0.510. The normalized spacial score (nSPS) is 12.5. The van der Waals surface area contributed by atoms with Gasteiger partial charge in [0.2, 0.25) is 5.91 Å². The second-order valence-electron chi connectivity index (χ2n) is 3.66. The van der Waals surface area contributed by atoms with E-state index in [0.29, 0.717) is 6.42 Å². The molecule has 0 aliphatic carbocycles. The molecule has 0 fully saturated rings. The van der Waals surface area contributed by atoms with Crippen LogP contribution in [0, 0.1) is 0 Å². The van der Waals surface area contributed by atoms with Crippen molar-refractivity contribution in [1.82, 2.24) is 9.78 Å². The number of nitrogens with two attached hydrogens (primary N) is 1. The number of rotatable bonds is 4. The second kappa shape index (κ2) is 4.93. The Bertz CT molecular complexity index is 334. The number of carbonyl (C=O) groups excluding carboxylic acids is 1. The fraction of sp³-hybridized carbons (Fsp3) is 0.600. The summed E-state index contributed by atoms with van der Waals surface area (Å²) in [5.74, 6) is -0.0650. The van der Waals surface area contributed by atoms with Gasteiger partial charge in [-0.3, -0.25) is 9.48 Å². The van der Waals surface area contributed by atoms with E-state index in [1.807, 2.05) is 14.0 Å². The number of nitrogens with zero attached hydrogens (tertiary/aromatic N) is 3. The number of aryl methyl sites for hydroxylation is 1. The zero-order valence-corrected chi connectivity index (χ0v) is 9.47. The Hall–Kier alpha value is -1.36.